The molecule has 1 heterocycles. The molecule has 1 atom stereocenters. The van der Waals surface area contributed by atoms with E-state index in [0.29, 0.717) is 15.4 Å². The highest BCUT2D eigenvalue weighted by Gasteiger charge is 2.27. The van der Waals surface area contributed by atoms with E-state index in [1.54, 1.807) is 0 Å². The first-order chi connectivity index (χ1) is 9.56. The van der Waals surface area contributed by atoms with Crippen molar-refractivity contribution < 1.29 is 10.2 Å². The molecule has 0 radical (unpaired) electrons. The third-order valence-electron chi connectivity index (χ3n) is 3.51. The van der Waals surface area contributed by atoms with Gasteiger partial charge >= 0.3 is 0 Å². The summed E-state index contributed by atoms with van der Waals surface area (Å²) in [6, 6.07) is 1.92. The maximum absolute atomic E-state index is 10.1. The van der Waals surface area contributed by atoms with E-state index < -0.39 is 0 Å². The number of phenols is 1. The first-order valence-electron chi connectivity index (χ1n) is 6.48. The Hall–Kier alpha value is 0.340. The van der Waals surface area contributed by atoms with Gasteiger partial charge in [-0.1, -0.05) is 15.9 Å². The van der Waals surface area contributed by atoms with Gasteiger partial charge in [0.05, 0.1) is 8.95 Å². The lowest BCUT2D eigenvalue weighted by Crippen LogP contribution is -2.45. The normalized spacial score (nSPS) is 18.2. The van der Waals surface area contributed by atoms with Gasteiger partial charge in [0.1, 0.15) is 5.75 Å². The maximum Gasteiger partial charge on any atom is 0.144 e. The summed E-state index contributed by atoms with van der Waals surface area (Å²) >= 11 is 10.4. The summed E-state index contributed by atoms with van der Waals surface area (Å²) in [7, 11) is 0. The van der Waals surface area contributed by atoms with Gasteiger partial charge in [-0.25, -0.2) is 0 Å². The summed E-state index contributed by atoms with van der Waals surface area (Å²) in [6.07, 6.45) is 0.637. The Labute approximate surface area is 143 Å². The molecule has 0 spiro atoms. The van der Waals surface area contributed by atoms with Gasteiger partial charge in [0.25, 0.3) is 0 Å². The van der Waals surface area contributed by atoms with E-state index in [1.165, 1.54) is 0 Å². The molecule has 0 unspecified atom stereocenters. The first kappa shape index (κ1) is 16.7. The molecule has 2 rings (SSSR count). The third-order valence-corrected chi connectivity index (χ3v) is 5.57. The Morgan fingerprint density at radius 2 is 1.85 bits per heavy atom. The number of aliphatic hydroxyl groups is 1. The van der Waals surface area contributed by atoms with Crippen LogP contribution in [0.4, 0.5) is 0 Å². The number of nitrogens with one attached hydrogen (secondary N) is 1. The Morgan fingerprint density at radius 1 is 1.20 bits per heavy atom. The molecule has 1 aromatic rings. The fourth-order valence-corrected chi connectivity index (χ4v) is 5.17. The molecule has 1 fully saturated rings. The van der Waals surface area contributed by atoms with Gasteiger partial charge in [0.2, 0.25) is 0 Å². The van der Waals surface area contributed by atoms with Crippen molar-refractivity contribution >= 4 is 47.8 Å². The standard InChI is InChI=1S/C13H17Br3N2O2/c14-8-7-9(15)13(20)12(16)11(8)10(1-6-19)18-4-2-17-3-5-18/h7,10,17,19-20H,1-6H2/t10-/m0/s1. The average molecular weight is 473 g/mol. The molecule has 1 aliphatic rings. The second-order valence-electron chi connectivity index (χ2n) is 4.73. The van der Waals surface area contributed by atoms with Crippen LogP contribution in [0.15, 0.2) is 19.5 Å². The van der Waals surface area contributed by atoms with Crippen LogP contribution in [0.25, 0.3) is 0 Å². The minimum absolute atomic E-state index is 0.0739. The summed E-state index contributed by atoms with van der Waals surface area (Å²) in [5.41, 5.74) is 0.988. The van der Waals surface area contributed by atoms with Crippen LogP contribution >= 0.6 is 47.8 Å². The van der Waals surface area contributed by atoms with E-state index in [2.05, 4.69) is 58.0 Å². The molecule has 1 saturated heterocycles. The van der Waals surface area contributed by atoms with Crippen molar-refractivity contribution in [3.05, 3.63) is 25.0 Å². The van der Waals surface area contributed by atoms with Crippen LogP contribution in [0.3, 0.4) is 0 Å². The Morgan fingerprint density at radius 3 is 2.45 bits per heavy atom. The smallest absolute Gasteiger partial charge is 0.144 e. The molecule has 4 nitrogen and oxygen atoms in total. The van der Waals surface area contributed by atoms with Gasteiger partial charge in [0, 0.05) is 48.9 Å². The molecule has 20 heavy (non-hydrogen) atoms. The van der Waals surface area contributed by atoms with Gasteiger partial charge in [-0.15, -0.1) is 0 Å². The lowest BCUT2D eigenvalue weighted by molar-refractivity contribution is 0.140. The minimum atomic E-state index is 0.0739. The Bertz CT molecular complexity index is 479. The largest absolute Gasteiger partial charge is 0.506 e. The zero-order valence-electron chi connectivity index (χ0n) is 10.9. The molecule has 0 aromatic heterocycles. The summed E-state index contributed by atoms with van der Waals surface area (Å²) < 4.78 is 2.24. The number of hydrogen-bond acceptors (Lipinski definition) is 4. The number of piperazine rings is 1. The number of phenolic OH excluding ortho intramolecular Hbond substituents is 1. The Balaban J connectivity index is 2.40. The first-order valence-corrected chi connectivity index (χ1v) is 8.86. The van der Waals surface area contributed by atoms with E-state index in [0.717, 1.165) is 36.2 Å². The molecule has 0 amide bonds. The predicted molar refractivity (Wildman–Crippen MR) is 90.1 cm³/mol. The highest BCUT2D eigenvalue weighted by molar-refractivity contribution is 9.11. The molecule has 1 aliphatic heterocycles. The topological polar surface area (TPSA) is 55.7 Å². The van der Waals surface area contributed by atoms with Gasteiger partial charge in [-0.3, -0.25) is 4.90 Å². The van der Waals surface area contributed by atoms with E-state index in [-0.39, 0.29) is 18.4 Å². The second-order valence-corrected chi connectivity index (χ2v) is 7.23. The van der Waals surface area contributed by atoms with Gasteiger partial charge in [-0.05, 0) is 44.3 Å². The summed E-state index contributed by atoms with van der Waals surface area (Å²) in [5, 5.41) is 22.8. The van der Waals surface area contributed by atoms with Crippen molar-refractivity contribution in [2.45, 2.75) is 12.5 Å². The van der Waals surface area contributed by atoms with Crippen molar-refractivity contribution in [2.24, 2.45) is 0 Å². The lowest BCUT2D eigenvalue weighted by atomic mass is 10.0. The van der Waals surface area contributed by atoms with Crippen molar-refractivity contribution in [1.82, 2.24) is 10.2 Å². The molecule has 3 N–H and O–H groups in total. The highest BCUT2D eigenvalue weighted by Crippen LogP contribution is 2.44. The number of aliphatic hydroxyl groups excluding tert-OH is 1. The van der Waals surface area contributed by atoms with Crippen molar-refractivity contribution in [2.75, 3.05) is 32.8 Å². The third kappa shape index (κ3) is 3.56. The van der Waals surface area contributed by atoms with Gasteiger partial charge < -0.3 is 15.5 Å². The zero-order chi connectivity index (χ0) is 14.7. The highest BCUT2D eigenvalue weighted by atomic mass is 79.9. The van der Waals surface area contributed by atoms with Gasteiger partial charge in [0.15, 0.2) is 0 Å². The molecular formula is C13H17Br3N2O2. The summed E-state index contributed by atoms with van der Waals surface area (Å²) in [5.74, 6) is 0.196. The number of nitrogens with zero attached hydrogens (tertiary/aromatic N) is 1. The Kier molecular flexibility index (Phi) is 6.31. The predicted octanol–water partition coefficient (Wildman–Crippen LogP) is 3.01. The minimum Gasteiger partial charge on any atom is -0.506 e. The number of benzene rings is 1. The quantitative estimate of drug-likeness (QED) is 0.630. The van der Waals surface area contributed by atoms with E-state index in [9.17, 15) is 10.2 Å². The average Bonchev–Trinajstić information content (AvgIpc) is 2.45. The van der Waals surface area contributed by atoms with E-state index >= 15 is 0 Å². The van der Waals surface area contributed by atoms with Crippen LogP contribution in [-0.4, -0.2) is 47.9 Å². The van der Waals surface area contributed by atoms with Crippen molar-refractivity contribution in [3.63, 3.8) is 0 Å². The molecule has 1 aromatic carbocycles. The summed E-state index contributed by atoms with van der Waals surface area (Å²) in [4.78, 5) is 2.34. The van der Waals surface area contributed by atoms with Crippen LogP contribution < -0.4 is 5.32 Å². The number of halogens is 3. The molecule has 7 heteroatoms. The molecule has 112 valence electrons. The fourth-order valence-electron chi connectivity index (χ4n) is 2.53. The molecule has 0 saturated carbocycles. The maximum atomic E-state index is 10.1. The van der Waals surface area contributed by atoms with Crippen LogP contribution in [-0.2, 0) is 0 Å². The number of aromatic hydroxyl groups is 1. The van der Waals surface area contributed by atoms with E-state index in [1.807, 2.05) is 6.07 Å². The fraction of sp³-hybridized carbons (Fsp3) is 0.538. The van der Waals surface area contributed by atoms with Crippen LogP contribution in [0.2, 0.25) is 0 Å². The second kappa shape index (κ2) is 7.56. The lowest BCUT2D eigenvalue weighted by Gasteiger charge is -2.36. The van der Waals surface area contributed by atoms with Crippen LogP contribution in [0.1, 0.15) is 18.0 Å². The molecule has 0 bridgehead atoms. The SMILES string of the molecule is OCC[C@@H](c1c(Br)cc(Br)c(O)c1Br)N1CCNCC1. The molecule has 0 aliphatic carbocycles. The summed E-state index contributed by atoms with van der Waals surface area (Å²) in [6.45, 7) is 3.87. The van der Waals surface area contributed by atoms with Crippen molar-refractivity contribution in [1.29, 1.82) is 0 Å². The van der Waals surface area contributed by atoms with Crippen LogP contribution in [0.5, 0.6) is 5.75 Å². The van der Waals surface area contributed by atoms with E-state index in [4.69, 9.17) is 0 Å². The van der Waals surface area contributed by atoms with Gasteiger partial charge in [-0.2, -0.15) is 0 Å². The van der Waals surface area contributed by atoms with Crippen molar-refractivity contribution in [3.8, 4) is 5.75 Å². The monoisotopic (exact) mass is 470 g/mol. The van der Waals surface area contributed by atoms with Crippen LogP contribution in [0, 0.1) is 0 Å². The number of rotatable bonds is 4. The zero-order valence-corrected chi connectivity index (χ0v) is 15.6. The molecular weight excluding hydrogens is 456 g/mol. The number of hydrogen-bond donors (Lipinski definition) is 3.